The van der Waals surface area contributed by atoms with E-state index >= 15 is 0 Å². The number of H-pyrrole nitrogens is 1. The van der Waals surface area contributed by atoms with Crippen molar-refractivity contribution in [2.75, 3.05) is 7.11 Å². The predicted octanol–water partition coefficient (Wildman–Crippen LogP) is 2.73. The summed E-state index contributed by atoms with van der Waals surface area (Å²) in [6.07, 6.45) is 0. The maximum absolute atomic E-state index is 11.3. The Hall–Kier alpha value is -1.55. The quantitative estimate of drug-likeness (QED) is 0.869. The van der Waals surface area contributed by atoms with Crippen LogP contribution in [-0.4, -0.2) is 12.1 Å². The molecular formula is C12H13NO2S. The van der Waals surface area contributed by atoms with E-state index in [0.717, 1.165) is 27.4 Å². The maximum atomic E-state index is 11.3. The smallest absolute Gasteiger partial charge is 0.305 e. The number of rotatable bonds is 2. The van der Waals surface area contributed by atoms with E-state index in [-0.39, 0.29) is 4.87 Å². The Morgan fingerprint density at radius 3 is 2.62 bits per heavy atom. The van der Waals surface area contributed by atoms with Gasteiger partial charge in [-0.15, -0.1) is 0 Å². The van der Waals surface area contributed by atoms with Gasteiger partial charge in [0.25, 0.3) is 0 Å². The van der Waals surface area contributed by atoms with Crippen molar-refractivity contribution >= 4 is 11.3 Å². The lowest BCUT2D eigenvalue weighted by Gasteiger charge is -2.08. The highest BCUT2D eigenvalue weighted by atomic mass is 32.1. The van der Waals surface area contributed by atoms with Crippen molar-refractivity contribution in [3.8, 4) is 17.0 Å². The van der Waals surface area contributed by atoms with Crippen LogP contribution in [0.5, 0.6) is 5.75 Å². The molecule has 0 atom stereocenters. The highest BCUT2D eigenvalue weighted by molar-refractivity contribution is 7.09. The molecule has 1 N–H and O–H groups in total. The monoisotopic (exact) mass is 235 g/mol. The first-order chi connectivity index (χ1) is 7.61. The lowest BCUT2D eigenvalue weighted by molar-refractivity contribution is 0.416. The van der Waals surface area contributed by atoms with E-state index in [4.69, 9.17) is 4.74 Å². The molecule has 0 saturated carbocycles. The summed E-state index contributed by atoms with van der Waals surface area (Å²) in [5.74, 6) is 0.780. The van der Waals surface area contributed by atoms with Crippen LogP contribution >= 0.6 is 11.3 Å². The van der Waals surface area contributed by atoms with Gasteiger partial charge in [-0.3, -0.25) is 4.79 Å². The molecule has 1 aromatic heterocycles. The lowest BCUT2D eigenvalue weighted by atomic mass is 10.1. The number of benzene rings is 1. The molecular weight excluding hydrogens is 222 g/mol. The number of aromatic amines is 1. The van der Waals surface area contributed by atoms with Gasteiger partial charge in [-0.1, -0.05) is 23.0 Å². The minimum atomic E-state index is -0.0314. The number of hydrogen-bond donors (Lipinski definition) is 1. The Morgan fingerprint density at radius 1 is 1.31 bits per heavy atom. The van der Waals surface area contributed by atoms with Crippen molar-refractivity contribution < 1.29 is 4.74 Å². The van der Waals surface area contributed by atoms with Crippen LogP contribution < -0.4 is 9.61 Å². The normalized spacial score (nSPS) is 10.4. The van der Waals surface area contributed by atoms with Crippen molar-refractivity contribution in [2.24, 2.45) is 0 Å². The summed E-state index contributed by atoms with van der Waals surface area (Å²) in [6.45, 7) is 3.95. The fourth-order valence-corrected chi connectivity index (χ4v) is 2.37. The zero-order valence-electron chi connectivity index (χ0n) is 9.46. The molecule has 1 aromatic carbocycles. The molecule has 1 heterocycles. The molecule has 3 nitrogen and oxygen atoms in total. The third-order valence-electron chi connectivity index (χ3n) is 2.45. The van der Waals surface area contributed by atoms with Crippen LogP contribution in [0.2, 0.25) is 0 Å². The van der Waals surface area contributed by atoms with E-state index in [1.165, 1.54) is 11.3 Å². The molecule has 0 spiro atoms. The molecule has 2 aromatic rings. The van der Waals surface area contributed by atoms with Crippen LogP contribution in [-0.2, 0) is 0 Å². The van der Waals surface area contributed by atoms with E-state index in [1.807, 2.05) is 32.0 Å². The number of methoxy groups -OCH3 is 1. The Morgan fingerprint density at radius 2 is 2.06 bits per heavy atom. The summed E-state index contributed by atoms with van der Waals surface area (Å²) in [7, 11) is 1.63. The minimum absolute atomic E-state index is 0.0314. The van der Waals surface area contributed by atoms with Gasteiger partial charge in [0, 0.05) is 10.4 Å². The van der Waals surface area contributed by atoms with Gasteiger partial charge in [0.2, 0.25) is 0 Å². The van der Waals surface area contributed by atoms with Crippen molar-refractivity contribution in [3.05, 3.63) is 38.3 Å². The predicted molar refractivity (Wildman–Crippen MR) is 66.4 cm³/mol. The van der Waals surface area contributed by atoms with Crippen molar-refractivity contribution in [3.63, 3.8) is 0 Å². The van der Waals surface area contributed by atoms with Crippen molar-refractivity contribution in [1.82, 2.24) is 4.98 Å². The van der Waals surface area contributed by atoms with Gasteiger partial charge in [-0.25, -0.2) is 0 Å². The molecule has 0 amide bonds. The van der Waals surface area contributed by atoms with Gasteiger partial charge in [-0.05, 0) is 26.0 Å². The van der Waals surface area contributed by atoms with Crippen LogP contribution in [0.25, 0.3) is 11.3 Å². The fraction of sp³-hybridized carbons (Fsp3) is 0.250. The van der Waals surface area contributed by atoms with Gasteiger partial charge in [0.1, 0.15) is 5.75 Å². The Bertz CT molecular complexity index is 569. The number of hydrogen-bond acceptors (Lipinski definition) is 3. The SMILES string of the molecule is COc1ccc(C)cc1-c1[nH]c(=O)sc1C. The van der Waals surface area contributed by atoms with Gasteiger partial charge < -0.3 is 9.72 Å². The molecule has 0 fully saturated rings. The number of aryl methyl sites for hydroxylation is 2. The second-order valence-corrected chi connectivity index (χ2v) is 4.84. The van der Waals surface area contributed by atoms with Gasteiger partial charge in [0.15, 0.2) is 0 Å². The Balaban J connectivity index is 2.67. The number of nitrogens with one attached hydrogen (secondary N) is 1. The fourth-order valence-electron chi connectivity index (χ4n) is 1.68. The minimum Gasteiger partial charge on any atom is -0.496 e. The Kier molecular flexibility index (Phi) is 2.83. The lowest BCUT2D eigenvalue weighted by Crippen LogP contribution is -1.95. The van der Waals surface area contributed by atoms with E-state index in [1.54, 1.807) is 7.11 Å². The molecule has 2 rings (SSSR count). The Labute approximate surface area is 97.7 Å². The van der Waals surface area contributed by atoms with Crippen LogP contribution in [0.15, 0.2) is 23.0 Å². The third kappa shape index (κ3) is 1.88. The maximum Gasteiger partial charge on any atom is 0.305 e. The van der Waals surface area contributed by atoms with Crippen LogP contribution in [0.3, 0.4) is 0 Å². The third-order valence-corrected chi connectivity index (χ3v) is 3.25. The number of ether oxygens (including phenoxy) is 1. The summed E-state index contributed by atoms with van der Waals surface area (Å²) in [4.78, 5) is 15.1. The summed E-state index contributed by atoms with van der Waals surface area (Å²) in [5.41, 5.74) is 2.94. The topological polar surface area (TPSA) is 42.1 Å². The summed E-state index contributed by atoms with van der Waals surface area (Å²) in [5, 5.41) is 0. The molecule has 16 heavy (non-hydrogen) atoms. The summed E-state index contributed by atoms with van der Waals surface area (Å²) in [6, 6.07) is 5.92. The zero-order chi connectivity index (χ0) is 11.7. The van der Waals surface area contributed by atoms with Crippen LogP contribution in [0, 0.1) is 13.8 Å². The van der Waals surface area contributed by atoms with Crippen LogP contribution in [0.4, 0.5) is 0 Å². The van der Waals surface area contributed by atoms with E-state index in [2.05, 4.69) is 4.98 Å². The van der Waals surface area contributed by atoms with E-state index in [0.29, 0.717) is 0 Å². The molecule has 0 saturated heterocycles. The summed E-state index contributed by atoms with van der Waals surface area (Å²) >= 11 is 1.22. The van der Waals surface area contributed by atoms with Gasteiger partial charge >= 0.3 is 4.87 Å². The first kappa shape index (κ1) is 11.0. The molecule has 0 aliphatic rings. The molecule has 0 aliphatic heterocycles. The molecule has 0 aliphatic carbocycles. The second-order valence-electron chi connectivity index (χ2n) is 3.65. The molecule has 84 valence electrons. The number of aromatic nitrogens is 1. The van der Waals surface area contributed by atoms with Gasteiger partial charge in [-0.2, -0.15) is 0 Å². The largest absolute Gasteiger partial charge is 0.496 e. The first-order valence-electron chi connectivity index (χ1n) is 4.96. The van der Waals surface area contributed by atoms with Crippen molar-refractivity contribution in [1.29, 1.82) is 0 Å². The molecule has 0 unspecified atom stereocenters. The zero-order valence-corrected chi connectivity index (χ0v) is 10.3. The molecule has 0 radical (unpaired) electrons. The standard InChI is InChI=1S/C12H13NO2S/c1-7-4-5-10(15-3)9(6-7)11-8(2)16-12(14)13-11/h4-6H,1-3H3,(H,13,14). The number of thiazole rings is 1. The average molecular weight is 235 g/mol. The summed E-state index contributed by atoms with van der Waals surface area (Å²) < 4.78 is 5.30. The average Bonchev–Trinajstić information content (AvgIpc) is 2.57. The molecule has 0 bridgehead atoms. The highest BCUT2D eigenvalue weighted by Crippen LogP contribution is 2.31. The van der Waals surface area contributed by atoms with Crippen molar-refractivity contribution in [2.45, 2.75) is 13.8 Å². The van der Waals surface area contributed by atoms with Gasteiger partial charge in [0.05, 0.1) is 12.8 Å². The van der Waals surface area contributed by atoms with E-state index in [9.17, 15) is 4.79 Å². The molecule has 4 heteroatoms. The highest BCUT2D eigenvalue weighted by Gasteiger charge is 2.11. The van der Waals surface area contributed by atoms with E-state index < -0.39 is 0 Å². The first-order valence-corrected chi connectivity index (χ1v) is 5.78. The van der Waals surface area contributed by atoms with Crippen LogP contribution in [0.1, 0.15) is 10.4 Å². The second kappa shape index (κ2) is 4.14.